The van der Waals surface area contributed by atoms with Crippen LogP contribution in [0, 0.1) is 5.92 Å². The van der Waals surface area contributed by atoms with Gasteiger partial charge in [-0.25, -0.2) is 9.97 Å². The van der Waals surface area contributed by atoms with Gasteiger partial charge < -0.3 is 20.1 Å². The monoisotopic (exact) mass is 294 g/mol. The number of nitrogens with zero attached hydrogens (tertiary/aromatic N) is 2. The number of aromatic nitrogens is 2. The van der Waals surface area contributed by atoms with E-state index in [1.807, 2.05) is 6.07 Å². The van der Waals surface area contributed by atoms with Crippen molar-refractivity contribution in [3.8, 4) is 0 Å². The summed E-state index contributed by atoms with van der Waals surface area (Å²) in [6, 6.07) is 1.93. The molecule has 1 aromatic rings. The number of nitrogens with one attached hydrogen (secondary N) is 2. The van der Waals surface area contributed by atoms with Crippen LogP contribution in [0.25, 0.3) is 0 Å². The Kier molecular flexibility index (Phi) is 6.69. The van der Waals surface area contributed by atoms with Crippen LogP contribution in [0.4, 0.5) is 11.6 Å². The van der Waals surface area contributed by atoms with Crippen molar-refractivity contribution in [2.75, 3.05) is 44.0 Å². The third kappa shape index (κ3) is 6.27. The van der Waals surface area contributed by atoms with Gasteiger partial charge in [0, 0.05) is 32.9 Å². The molecule has 0 atom stereocenters. The number of ether oxygens (including phenoxy) is 2. The molecule has 21 heavy (non-hydrogen) atoms. The Bertz CT molecular complexity index is 424. The maximum Gasteiger partial charge on any atom is 0.158 e. The Labute approximate surface area is 126 Å². The van der Waals surface area contributed by atoms with Gasteiger partial charge in [0.05, 0.1) is 6.61 Å². The summed E-state index contributed by atoms with van der Waals surface area (Å²) >= 11 is 0. The highest BCUT2D eigenvalue weighted by Gasteiger charge is 2.20. The molecule has 0 amide bonds. The highest BCUT2D eigenvalue weighted by atomic mass is 16.5. The van der Waals surface area contributed by atoms with Crippen molar-refractivity contribution in [3.05, 3.63) is 11.9 Å². The van der Waals surface area contributed by atoms with Gasteiger partial charge in [-0.2, -0.15) is 0 Å². The Morgan fingerprint density at radius 3 is 2.52 bits per heavy atom. The number of anilines is 2. The maximum atomic E-state index is 5.61. The van der Waals surface area contributed by atoms with Crippen LogP contribution in [0.5, 0.6) is 0 Å². The molecule has 0 bridgehead atoms. The van der Waals surface area contributed by atoms with Crippen LogP contribution in [0.3, 0.4) is 0 Å². The standard InChI is InChI=1S/C15H26N4O2/c1-3-6-16-13-9-14(19-15(18-13)11-20-2)17-7-8-21-10-12-4-5-12/h9,12H,3-8,10-11H2,1-2H3,(H2,16,17,18,19). The van der Waals surface area contributed by atoms with Crippen molar-refractivity contribution in [2.45, 2.75) is 32.8 Å². The molecule has 0 aromatic carbocycles. The topological polar surface area (TPSA) is 68.3 Å². The predicted octanol–water partition coefficient (Wildman–Crippen LogP) is 2.28. The third-order valence-electron chi connectivity index (χ3n) is 3.21. The van der Waals surface area contributed by atoms with Crippen LogP contribution in [-0.2, 0) is 16.1 Å². The van der Waals surface area contributed by atoms with Gasteiger partial charge in [0.2, 0.25) is 0 Å². The molecule has 2 N–H and O–H groups in total. The normalized spacial score (nSPS) is 14.2. The van der Waals surface area contributed by atoms with Gasteiger partial charge in [-0.15, -0.1) is 0 Å². The first-order chi connectivity index (χ1) is 10.3. The van der Waals surface area contributed by atoms with Crippen molar-refractivity contribution in [1.82, 2.24) is 9.97 Å². The van der Waals surface area contributed by atoms with E-state index < -0.39 is 0 Å². The van der Waals surface area contributed by atoms with Gasteiger partial charge >= 0.3 is 0 Å². The van der Waals surface area contributed by atoms with Crippen molar-refractivity contribution >= 4 is 11.6 Å². The van der Waals surface area contributed by atoms with Crippen molar-refractivity contribution in [3.63, 3.8) is 0 Å². The molecular formula is C15H26N4O2. The molecule has 6 heteroatoms. The van der Waals surface area contributed by atoms with E-state index in [1.54, 1.807) is 7.11 Å². The third-order valence-corrected chi connectivity index (χ3v) is 3.21. The molecule has 0 aliphatic heterocycles. The lowest BCUT2D eigenvalue weighted by Crippen LogP contribution is -2.13. The van der Waals surface area contributed by atoms with Gasteiger partial charge in [0.25, 0.3) is 0 Å². The summed E-state index contributed by atoms with van der Waals surface area (Å²) in [5, 5.41) is 6.56. The van der Waals surface area contributed by atoms with Crippen LogP contribution in [0.1, 0.15) is 32.0 Å². The van der Waals surface area contributed by atoms with Crippen LogP contribution >= 0.6 is 0 Å². The molecule has 6 nitrogen and oxygen atoms in total. The second-order valence-corrected chi connectivity index (χ2v) is 5.36. The smallest absolute Gasteiger partial charge is 0.158 e. The van der Waals surface area contributed by atoms with E-state index in [4.69, 9.17) is 9.47 Å². The van der Waals surface area contributed by atoms with Crippen molar-refractivity contribution in [2.24, 2.45) is 5.92 Å². The van der Waals surface area contributed by atoms with Crippen LogP contribution in [0.2, 0.25) is 0 Å². The van der Waals surface area contributed by atoms with Gasteiger partial charge in [0.15, 0.2) is 5.82 Å². The zero-order valence-electron chi connectivity index (χ0n) is 13.0. The van der Waals surface area contributed by atoms with Gasteiger partial charge in [-0.1, -0.05) is 6.92 Å². The molecule has 1 saturated carbocycles. The minimum Gasteiger partial charge on any atom is -0.379 e. The van der Waals surface area contributed by atoms with E-state index in [0.717, 1.165) is 43.7 Å². The summed E-state index contributed by atoms with van der Waals surface area (Å²) in [7, 11) is 1.65. The average molecular weight is 294 g/mol. The fourth-order valence-electron chi connectivity index (χ4n) is 1.91. The zero-order chi connectivity index (χ0) is 14.9. The number of rotatable bonds is 11. The van der Waals surface area contributed by atoms with Gasteiger partial charge in [0.1, 0.15) is 18.2 Å². The van der Waals surface area contributed by atoms with Crippen LogP contribution in [-0.4, -0.2) is 43.4 Å². The Balaban J connectivity index is 1.81. The number of hydrogen-bond donors (Lipinski definition) is 2. The first-order valence-electron chi connectivity index (χ1n) is 7.74. The van der Waals surface area contributed by atoms with Crippen LogP contribution < -0.4 is 10.6 Å². The summed E-state index contributed by atoms with van der Waals surface area (Å²) in [6.07, 6.45) is 3.71. The second kappa shape index (κ2) is 8.79. The van der Waals surface area contributed by atoms with Gasteiger partial charge in [-0.3, -0.25) is 0 Å². The van der Waals surface area contributed by atoms with E-state index in [1.165, 1.54) is 12.8 Å². The Hall–Kier alpha value is -1.40. The van der Waals surface area contributed by atoms with E-state index in [0.29, 0.717) is 19.0 Å². The Morgan fingerprint density at radius 2 is 1.90 bits per heavy atom. The van der Waals surface area contributed by atoms with E-state index in [2.05, 4.69) is 27.5 Å². The molecule has 0 spiro atoms. The summed E-state index contributed by atoms with van der Waals surface area (Å²) in [4.78, 5) is 8.85. The molecular weight excluding hydrogens is 268 g/mol. The summed E-state index contributed by atoms with van der Waals surface area (Å²) in [6.45, 7) is 5.79. The second-order valence-electron chi connectivity index (χ2n) is 5.36. The number of methoxy groups -OCH3 is 1. The van der Waals surface area contributed by atoms with Crippen molar-refractivity contribution < 1.29 is 9.47 Å². The molecule has 0 saturated heterocycles. The first kappa shape index (κ1) is 16.0. The van der Waals surface area contributed by atoms with Crippen LogP contribution in [0.15, 0.2) is 6.07 Å². The van der Waals surface area contributed by atoms with E-state index >= 15 is 0 Å². The zero-order valence-corrected chi connectivity index (χ0v) is 13.0. The minimum absolute atomic E-state index is 0.411. The average Bonchev–Trinajstić information content (AvgIpc) is 3.29. The fourth-order valence-corrected chi connectivity index (χ4v) is 1.91. The molecule has 1 aliphatic rings. The molecule has 1 fully saturated rings. The van der Waals surface area contributed by atoms with E-state index in [9.17, 15) is 0 Å². The quantitative estimate of drug-likeness (QED) is 0.610. The molecule has 1 aromatic heterocycles. The van der Waals surface area contributed by atoms with Gasteiger partial charge in [-0.05, 0) is 25.2 Å². The van der Waals surface area contributed by atoms with Crippen molar-refractivity contribution in [1.29, 1.82) is 0 Å². The predicted molar refractivity (Wildman–Crippen MR) is 83.6 cm³/mol. The first-order valence-corrected chi connectivity index (χ1v) is 7.74. The highest BCUT2D eigenvalue weighted by Crippen LogP contribution is 2.28. The molecule has 118 valence electrons. The van der Waals surface area contributed by atoms with E-state index in [-0.39, 0.29) is 0 Å². The lowest BCUT2D eigenvalue weighted by molar-refractivity contribution is 0.134. The number of hydrogen-bond acceptors (Lipinski definition) is 6. The SMILES string of the molecule is CCCNc1cc(NCCOCC2CC2)nc(COC)n1. The minimum atomic E-state index is 0.411. The fraction of sp³-hybridized carbons (Fsp3) is 0.733. The maximum absolute atomic E-state index is 5.61. The molecule has 0 unspecified atom stereocenters. The molecule has 2 rings (SSSR count). The highest BCUT2D eigenvalue weighted by molar-refractivity contribution is 5.47. The Morgan fingerprint density at radius 1 is 1.19 bits per heavy atom. The lowest BCUT2D eigenvalue weighted by atomic mass is 10.4. The summed E-state index contributed by atoms with van der Waals surface area (Å²) in [5.74, 6) is 3.13. The summed E-state index contributed by atoms with van der Waals surface area (Å²) in [5.41, 5.74) is 0. The summed E-state index contributed by atoms with van der Waals surface area (Å²) < 4.78 is 10.7. The largest absolute Gasteiger partial charge is 0.379 e. The molecule has 0 radical (unpaired) electrons. The molecule has 1 aliphatic carbocycles. The molecule has 1 heterocycles. The lowest BCUT2D eigenvalue weighted by Gasteiger charge is -2.11.